The number of aromatic nitrogens is 3. The maximum Gasteiger partial charge on any atom is 0.420 e. The molecule has 0 aliphatic heterocycles. The van der Waals surface area contributed by atoms with Crippen LogP contribution in [0.4, 0.5) is 18.9 Å². The van der Waals surface area contributed by atoms with Crippen molar-refractivity contribution < 1.29 is 13.2 Å². The Morgan fingerprint density at radius 2 is 1.90 bits per heavy atom. The van der Waals surface area contributed by atoms with Crippen molar-refractivity contribution in [3.63, 3.8) is 0 Å². The number of fused-ring (bicyclic) bond motifs is 1. The number of nitrogens with two attached hydrogens (primary N) is 1. The molecule has 0 atom stereocenters. The first-order chi connectivity index (χ1) is 9.45. The van der Waals surface area contributed by atoms with Gasteiger partial charge in [0.25, 0.3) is 0 Å². The minimum atomic E-state index is -4.47. The first kappa shape index (κ1) is 12.5. The molecule has 7 heteroatoms. The summed E-state index contributed by atoms with van der Waals surface area (Å²) in [5.41, 5.74) is 5.67. The van der Waals surface area contributed by atoms with Gasteiger partial charge in [-0.25, -0.2) is 9.50 Å². The minimum Gasteiger partial charge on any atom is -0.399 e. The number of alkyl halides is 3. The van der Waals surface area contributed by atoms with Crippen molar-refractivity contribution in [2.75, 3.05) is 5.73 Å². The minimum absolute atomic E-state index is 0.203. The van der Waals surface area contributed by atoms with Crippen LogP contribution in [0.2, 0.25) is 0 Å². The van der Waals surface area contributed by atoms with E-state index in [9.17, 15) is 13.2 Å². The van der Waals surface area contributed by atoms with Gasteiger partial charge in [-0.15, -0.1) is 5.10 Å². The molecule has 0 fully saturated rings. The third kappa shape index (κ3) is 2.07. The Morgan fingerprint density at radius 3 is 2.60 bits per heavy atom. The largest absolute Gasteiger partial charge is 0.420 e. The van der Waals surface area contributed by atoms with Crippen LogP contribution in [-0.2, 0) is 6.18 Å². The maximum absolute atomic E-state index is 12.9. The van der Waals surface area contributed by atoms with Gasteiger partial charge in [-0.1, -0.05) is 12.1 Å². The predicted octanol–water partition coefficient (Wildman–Crippen LogP) is 3.00. The van der Waals surface area contributed by atoms with E-state index >= 15 is 0 Å². The number of benzene rings is 1. The number of hydrogen-bond donors (Lipinski definition) is 1. The van der Waals surface area contributed by atoms with Gasteiger partial charge in [-0.05, 0) is 24.3 Å². The van der Waals surface area contributed by atoms with Crippen LogP contribution in [-0.4, -0.2) is 14.6 Å². The lowest BCUT2D eigenvalue weighted by Gasteiger charge is -2.05. The number of nitrogen functional groups attached to an aromatic ring is 1. The first-order valence-corrected chi connectivity index (χ1v) is 5.73. The predicted molar refractivity (Wildman–Crippen MR) is 67.8 cm³/mol. The van der Waals surface area contributed by atoms with Crippen molar-refractivity contribution in [2.24, 2.45) is 0 Å². The summed E-state index contributed by atoms with van der Waals surface area (Å²) in [6.07, 6.45) is -3.05. The molecule has 0 bridgehead atoms. The van der Waals surface area contributed by atoms with Crippen LogP contribution in [0, 0.1) is 0 Å². The standard InChI is InChI=1S/C13H9F3N4/c14-13(15,16)10-5-2-6-20-12(10)18-11(19-20)8-3-1-4-9(17)7-8/h1-7H,17H2. The van der Waals surface area contributed by atoms with Gasteiger partial charge in [-0.2, -0.15) is 13.2 Å². The van der Waals surface area contributed by atoms with Gasteiger partial charge in [0.1, 0.15) is 5.56 Å². The number of nitrogens with zero attached hydrogens (tertiary/aromatic N) is 3. The first-order valence-electron chi connectivity index (χ1n) is 5.73. The zero-order chi connectivity index (χ0) is 14.3. The van der Waals surface area contributed by atoms with Gasteiger partial charge >= 0.3 is 6.18 Å². The van der Waals surface area contributed by atoms with E-state index in [1.807, 2.05) is 0 Å². The fourth-order valence-electron chi connectivity index (χ4n) is 1.93. The van der Waals surface area contributed by atoms with E-state index < -0.39 is 11.7 Å². The molecular weight excluding hydrogens is 269 g/mol. The van der Waals surface area contributed by atoms with Gasteiger partial charge < -0.3 is 5.73 Å². The Hall–Kier alpha value is -2.57. The van der Waals surface area contributed by atoms with Crippen LogP contribution in [0.3, 0.4) is 0 Å². The second-order valence-corrected chi connectivity index (χ2v) is 4.25. The van der Waals surface area contributed by atoms with Crippen LogP contribution in [0.5, 0.6) is 0 Å². The van der Waals surface area contributed by atoms with Crippen LogP contribution in [0.1, 0.15) is 5.56 Å². The summed E-state index contributed by atoms with van der Waals surface area (Å²) < 4.78 is 39.8. The zero-order valence-electron chi connectivity index (χ0n) is 10.1. The molecule has 0 aliphatic carbocycles. The molecule has 102 valence electrons. The highest BCUT2D eigenvalue weighted by atomic mass is 19.4. The Bertz CT molecular complexity index is 777. The summed E-state index contributed by atoms with van der Waals surface area (Å²) in [4.78, 5) is 3.97. The summed E-state index contributed by atoms with van der Waals surface area (Å²) >= 11 is 0. The van der Waals surface area contributed by atoms with E-state index in [0.29, 0.717) is 11.3 Å². The van der Waals surface area contributed by atoms with Crippen LogP contribution < -0.4 is 5.73 Å². The molecule has 0 spiro atoms. The molecule has 3 aromatic rings. The number of anilines is 1. The Labute approximate surface area is 111 Å². The van der Waals surface area contributed by atoms with Crippen molar-refractivity contribution in [3.05, 3.63) is 48.2 Å². The van der Waals surface area contributed by atoms with Crippen LogP contribution in [0.15, 0.2) is 42.6 Å². The van der Waals surface area contributed by atoms with E-state index in [0.717, 1.165) is 10.6 Å². The summed E-state index contributed by atoms with van der Waals surface area (Å²) in [5.74, 6) is 0.203. The summed E-state index contributed by atoms with van der Waals surface area (Å²) in [6, 6.07) is 8.95. The number of hydrogen-bond acceptors (Lipinski definition) is 3. The van der Waals surface area contributed by atoms with Gasteiger partial charge in [0.15, 0.2) is 11.5 Å². The fraction of sp³-hybridized carbons (Fsp3) is 0.0769. The Balaban J connectivity index is 2.21. The maximum atomic E-state index is 12.9. The Kier molecular flexibility index (Phi) is 2.63. The molecular formula is C13H9F3N4. The quantitative estimate of drug-likeness (QED) is 0.696. The molecule has 0 amide bonds. The molecule has 20 heavy (non-hydrogen) atoms. The highest BCUT2D eigenvalue weighted by Crippen LogP contribution is 2.32. The fourth-order valence-corrected chi connectivity index (χ4v) is 1.93. The smallest absolute Gasteiger partial charge is 0.399 e. The molecule has 2 aromatic heterocycles. The normalized spacial score (nSPS) is 11.9. The lowest BCUT2D eigenvalue weighted by atomic mass is 10.2. The highest BCUT2D eigenvalue weighted by molar-refractivity contribution is 5.64. The average Bonchev–Trinajstić information content (AvgIpc) is 2.81. The molecule has 2 heterocycles. The second kappa shape index (κ2) is 4.22. The zero-order valence-corrected chi connectivity index (χ0v) is 10.1. The van der Waals surface area contributed by atoms with Crippen LogP contribution in [0.25, 0.3) is 17.0 Å². The molecule has 2 N–H and O–H groups in total. The lowest BCUT2D eigenvalue weighted by molar-refractivity contribution is -0.136. The van der Waals surface area contributed by atoms with E-state index in [1.165, 1.54) is 12.3 Å². The monoisotopic (exact) mass is 278 g/mol. The van der Waals surface area contributed by atoms with Gasteiger partial charge in [0.05, 0.1) is 0 Å². The van der Waals surface area contributed by atoms with E-state index in [2.05, 4.69) is 10.1 Å². The third-order valence-electron chi connectivity index (χ3n) is 2.81. The van der Waals surface area contributed by atoms with Crippen LogP contribution >= 0.6 is 0 Å². The second-order valence-electron chi connectivity index (χ2n) is 4.25. The molecule has 0 unspecified atom stereocenters. The topological polar surface area (TPSA) is 56.2 Å². The number of pyridine rings is 1. The van der Waals surface area contributed by atoms with Gasteiger partial charge in [0, 0.05) is 17.4 Å². The van der Waals surface area contributed by atoms with Gasteiger partial charge in [0.2, 0.25) is 0 Å². The van der Waals surface area contributed by atoms with Crippen molar-refractivity contribution >= 4 is 11.3 Å². The van der Waals surface area contributed by atoms with Crippen molar-refractivity contribution in [1.82, 2.24) is 14.6 Å². The summed E-state index contributed by atoms with van der Waals surface area (Å²) in [5, 5.41) is 4.05. The number of rotatable bonds is 1. The number of halogens is 3. The molecule has 3 rings (SSSR count). The van der Waals surface area contributed by atoms with E-state index in [4.69, 9.17) is 5.73 Å². The average molecular weight is 278 g/mol. The molecule has 0 aliphatic rings. The molecule has 0 saturated carbocycles. The molecule has 0 radical (unpaired) electrons. The van der Waals surface area contributed by atoms with E-state index in [1.54, 1.807) is 24.3 Å². The molecule has 1 aromatic carbocycles. The third-order valence-corrected chi connectivity index (χ3v) is 2.81. The van der Waals surface area contributed by atoms with Crippen molar-refractivity contribution in [1.29, 1.82) is 0 Å². The molecule has 0 saturated heterocycles. The highest BCUT2D eigenvalue weighted by Gasteiger charge is 2.34. The SMILES string of the molecule is Nc1cccc(-c2nc3c(C(F)(F)F)cccn3n2)c1. The molecule has 4 nitrogen and oxygen atoms in total. The van der Waals surface area contributed by atoms with Gasteiger partial charge in [-0.3, -0.25) is 0 Å². The summed E-state index contributed by atoms with van der Waals surface area (Å²) in [6.45, 7) is 0. The van der Waals surface area contributed by atoms with E-state index in [-0.39, 0.29) is 11.5 Å². The van der Waals surface area contributed by atoms with Crippen molar-refractivity contribution in [3.8, 4) is 11.4 Å². The Morgan fingerprint density at radius 1 is 1.10 bits per heavy atom. The summed E-state index contributed by atoms with van der Waals surface area (Å²) in [7, 11) is 0. The van der Waals surface area contributed by atoms with Crippen molar-refractivity contribution in [2.45, 2.75) is 6.18 Å². The lowest BCUT2D eigenvalue weighted by Crippen LogP contribution is -2.07.